The van der Waals surface area contributed by atoms with E-state index >= 15 is 0 Å². The molecule has 1 aliphatic rings. The van der Waals surface area contributed by atoms with Crippen LogP contribution in [0.1, 0.15) is 28.8 Å². The van der Waals surface area contributed by atoms with E-state index in [9.17, 15) is 4.79 Å². The fourth-order valence-electron chi connectivity index (χ4n) is 3.73. The SMILES string of the molecule is O=C(c1cccnc1)N1CCCC(Cc2cccc3cccnc23)C1. The number of rotatable bonds is 3. The molecule has 0 bridgehead atoms. The van der Waals surface area contributed by atoms with Gasteiger partial charge < -0.3 is 4.90 Å². The molecule has 4 rings (SSSR count). The summed E-state index contributed by atoms with van der Waals surface area (Å²) in [5.41, 5.74) is 3.04. The van der Waals surface area contributed by atoms with Crippen molar-refractivity contribution in [2.75, 3.05) is 13.1 Å². The summed E-state index contributed by atoms with van der Waals surface area (Å²) >= 11 is 0. The first-order valence-electron chi connectivity index (χ1n) is 8.83. The van der Waals surface area contributed by atoms with E-state index in [2.05, 4.69) is 34.2 Å². The first-order valence-corrected chi connectivity index (χ1v) is 8.83. The molecule has 3 heterocycles. The summed E-state index contributed by atoms with van der Waals surface area (Å²) in [7, 11) is 0. The monoisotopic (exact) mass is 331 g/mol. The summed E-state index contributed by atoms with van der Waals surface area (Å²) in [6, 6.07) is 14.1. The van der Waals surface area contributed by atoms with Crippen LogP contribution in [0.5, 0.6) is 0 Å². The number of fused-ring (bicyclic) bond motifs is 1. The van der Waals surface area contributed by atoms with Crippen LogP contribution >= 0.6 is 0 Å². The average molecular weight is 331 g/mol. The van der Waals surface area contributed by atoms with Gasteiger partial charge in [-0.1, -0.05) is 24.3 Å². The second-order valence-corrected chi connectivity index (χ2v) is 6.70. The summed E-state index contributed by atoms with van der Waals surface area (Å²) in [6.45, 7) is 1.63. The summed E-state index contributed by atoms with van der Waals surface area (Å²) in [5.74, 6) is 0.566. The number of piperidine rings is 1. The van der Waals surface area contributed by atoms with Crippen LogP contribution in [0.25, 0.3) is 10.9 Å². The highest BCUT2D eigenvalue weighted by molar-refractivity contribution is 5.94. The first kappa shape index (κ1) is 15.8. The van der Waals surface area contributed by atoms with Gasteiger partial charge in [-0.25, -0.2) is 0 Å². The van der Waals surface area contributed by atoms with Gasteiger partial charge in [0.25, 0.3) is 5.91 Å². The molecule has 1 saturated heterocycles. The summed E-state index contributed by atoms with van der Waals surface area (Å²) in [4.78, 5) is 23.3. The van der Waals surface area contributed by atoms with Gasteiger partial charge in [-0.2, -0.15) is 0 Å². The van der Waals surface area contributed by atoms with Crippen LogP contribution < -0.4 is 0 Å². The molecule has 1 atom stereocenters. The second kappa shape index (κ2) is 7.01. The molecule has 1 aromatic carbocycles. The van der Waals surface area contributed by atoms with Crippen LogP contribution in [-0.2, 0) is 6.42 Å². The maximum Gasteiger partial charge on any atom is 0.255 e. The lowest BCUT2D eigenvalue weighted by Gasteiger charge is -2.33. The molecule has 1 fully saturated rings. The Balaban J connectivity index is 1.51. The highest BCUT2D eigenvalue weighted by Gasteiger charge is 2.25. The minimum Gasteiger partial charge on any atom is -0.338 e. The fourth-order valence-corrected chi connectivity index (χ4v) is 3.73. The van der Waals surface area contributed by atoms with E-state index < -0.39 is 0 Å². The molecule has 0 aliphatic carbocycles. The molecule has 2 aromatic heterocycles. The van der Waals surface area contributed by atoms with E-state index in [4.69, 9.17) is 0 Å². The number of aromatic nitrogens is 2. The van der Waals surface area contributed by atoms with Crippen LogP contribution in [-0.4, -0.2) is 33.9 Å². The maximum atomic E-state index is 12.7. The molecule has 4 nitrogen and oxygen atoms in total. The molecule has 1 aliphatic heterocycles. The Morgan fingerprint density at radius 1 is 1.12 bits per heavy atom. The number of carbonyl (C=O) groups is 1. The smallest absolute Gasteiger partial charge is 0.255 e. The predicted octanol–water partition coefficient (Wildman–Crippen LogP) is 3.72. The van der Waals surface area contributed by atoms with Gasteiger partial charge in [-0.3, -0.25) is 14.8 Å². The zero-order valence-corrected chi connectivity index (χ0v) is 14.1. The molecule has 4 heteroatoms. The van der Waals surface area contributed by atoms with E-state index in [-0.39, 0.29) is 5.91 Å². The van der Waals surface area contributed by atoms with Crippen molar-refractivity contribution in [3.63, 3.8) is 0 Å². The minimum atomic E-state index is 0.0915. The molecular weight excluding hydrogens is 310 g/mol. The minimum absolute atomic E-state index is 0.0915. The highest BCUT2D eigenvalue weighted by atomic mass is 16.2. The highest BCUT2D eigenvalue weighted by Crippen LogP contribution is 2.25. The zero-order valence-electron chi connectivity index (χ0n) is 14.1. The molecule has 3 aromatic rings. The molecule has 0 spiro atoms. The number of amides is 1. The normalized spacial score (nSPS) is 17.6. The number of para-hydroxylation sites is 1. The Bertz CT molecular complexity index is 873. The molecule has 25 heavy (non-hydrogen) atoms. The molecule has 0 N–H and O–H groups in total. The Labute approximate surface area is 147 Å². The molecular formula is C21H21N3O. The van der Waals surface area contributed by atoms with Gasteiger partial charge in [0.2, 0.25) is 0 Å². The van der Waals surface area contributed by atoms with Crippen LogP contribution in [0.15, 0.2) is 61.1 Å². The summed E-state index contributed by atoms with van der Waals surface area (Å²) in [5, 5.41) is 1.18. The number of likely N-dealkylation sites (tertiary alicyclic amines) is 1. The number of benzene rings is 1. The van der Waals surface area contributed by atoms with Gasteiger partial charge in [-0.15, -0.1) is 0 Å². The van der Waals surface area contributed by atoms with E-state index in [1.807, 2.05) is 29.3 Å². The van der Waals surface area contributed by atoms with Crippen LogP contribution in [0.3, 0.4) is 0 Å². The van der Waals surface area contributed by atoms with Gasteiger partial charge in [0.1, 0.15) is 0 Å². The molecule has 126 valence electrons. The van der Waals surface area contributed by atoms with Crippen molar-refractivity contribution in [3.05, 3.63) is 72.2 Å². The number of hydrogen-bond acceptors (Lipinski definition) is 3. The topological polar surface area (TPSA) is 46.1 Å². The third-order valence-corrected chi connectivity index (χ3v) is 4.94. The Kier molecular flexibility index (Phi) is 4.42. The largest absolute Gasteiger partial charge is 0.338 e. The Morgan fingerprint density at radius 3 is 2.88 bits per heavy atom. The van der Waals surface area contributed by atoms with Gasteiger partial charge in [0, 0.05) is 37.1 Å². The lowest BCUT2D eigenvalue weighted by Crippen LogP contribution is -2.40. The van der Waals surface area contributed by atoms with E-state index in [0.717, 1.165) is 37.9 Å². The fraction of sp³-hybridized carbons (Fsp3) is 0.286. The van der Waals surface area contributed by atoms with E-state index in [1.165, 1.54) is 10.9 Å². The van der Waals surface area contributed by atoms with Crippen molar-refractivity contribution >= 4 is 16.8 Å². The third-order valence-electron chi connectivity index (χ3n) is 4.94. The van der Waals surface area contributed by atoms with Gasteiger partial charge in [0.05, 0.1) is 11.1 Å². The van der Waals surface area contributed by atoms with Crippen molar-refractivity contribution in [2.24, 2.45) is 5.92 Å². The van der Waals surface area contributed by atoms with Crippen molar-refractivity contribution in [2.45, 2.75) is 19.3 Å². The van der Waals surface area contributed by atoms with Crippen molar-refractivity contribution in [1.29, 1.82) is 0 Å². The standard InChI is InChI=1S/C21H21N3O/c25-21(19-9-2-10-22-14-19)24-12-4-5-16(15-24)13-18-7-1-6-17-8-3-11-23-20(17)18/h1-3,6-11,14,16H,4-5,12-13,15H2. The number of carbonyl (C=O) groups excluding carboxylic acids is 1. The number of nitrogens with zero attached hydrogens (tertiary/aromatic N) is 3. The van der Waals surface area contributed by atoms with Crippen LogP contribution in [0, 0.1) is 5.92 Å². The second-order valence-electron chi connectivity index (χ2n) is 6.70. The zero-order chi connectivity index (χ0) is 17.1. The summed E-state index contributed by atoms with van der Waals surface area (Å²) < 4.78 is 0. The summed E-state index contributed by atoms with van der Waals surface area (Å²) in [6.07, 6.45) is 8.37. The molecule has 1 unspecified atom stereocenters. The Morgan fingerprint density at radius 2 is 2.00 bits per heavy atom. The van der Waals surface area contributed by atoms with Crippen molar-refractivity contribution in [1.82, 2.24) is 14.9 Å². The number of pyridine rings is 2. The van der Waals surface area contributed by atoms with E-state index in [0.29, 0.717) is 11.5 Å². The molecule has 1 amide bonds. The Hall–Kier alpha value is -2.75. The van der Waals surface area contributed by atoms with Gasteiger partial charge >= 0.3 is 0 Å². The molecule has 0 saturated carbocycles. The van der Waals surface area contributed by atoms with Crippen molar-refractivity contribution < 1.29 is 4.79 Å². The quantitative estimate of drug-likeness (QED) is 0.735. The lowest BCUT2D eigenvalue weighted by molar-refractivity contribution is 0.0673. The predicted molar refractivity (Wildman–Crippen MR) is 98.3 cm³/mol. The maximum absolute atomic E-state index is 12.7. The van der Waals surface area contributed by atoms with Crippen molar-refractivity contribution in [3.8, 4) is 0 Å². The lowest BCUT2D eigenvalue weighted by atomic mass is 9.90. The van der Waals surface area contributed by atoms with Crippen LogP contribution in [0.4, 0.5) is 0 Å². The molecule has 0 radical (unpaired) electrons. The third kappa shape index (κ3) is 3.38. The van der Waals surface area contributed by atoms with E-state index in [1.54, 1.807) is 12.4 Å². The first-order chi connectivity index (χ1) is 12.3. The number of hydrogen-bond donors (Lipinski definition) is 0. The van der Waals surface area contributed by atoms with Crippen LogP contribution in [0.2, 0.25) is 0 Å². The van der Waals surface area contributed by atoms with Gasteiger partial charge in [0.15, 0.2) is 0 Å². The van der Waals surface area contributed by atoms with Gasteiger partial charge in [-0.05, 0) is 48.9 Å². The average Bonchev–Trinajstić information content (AvgIpc) is 2.69.